The van der Waals surface area contributed by atoms with Crippen molar-refractivity contribution in [2.45, 2.75) is 13.8 Å². The second kappa shape index (κ2) is 4.74. The van der Waals surface area contributed by atoms with Crippen molar-refractivity contribution in [1.29, 1.82) is 0 Å². The Hall–Kier alpha value is -1.11. The molecular formula is C9H13N. The molecule has 0 aliphatic heterocycles. The highest BCUT2D eigenvalue weighted by molar-refractivity contribution is 5.93. The van der Waals surface area contributed by atoms with Crippen LogP contribution in [0.3, 0.4) is 0 Å². The molecule has 1 nitrogen and oxygen atoms in total. The first-order chi connectivity index (χ1) is 4.74. The van der Waals surface area contributed by atoms with Gasteiger partial charge in [0.25, 0.3) is 0 Å². The molecule has 10 heavy (non-hydrogen) atoms. The Morgan fingerprint density at radius 3 is 2.20 bits per heavy atom. The minimum atomic E-state index is 0.886. The van der Waals surface area contributed by atoms with Crippen molar-refractivity contribution in [2.24, 2.45) is 4.99 Å². The SMILES string of the molecule is C=CC(C)=N/C(C=C)=C\C. The molecule has 0 aromatic rings. The third-order valence-corrected chi connectivity index (χ3v) is 1.11. The van der Waals surface area contributed by atoms with Crippen LogP contribution in [-0.2, 0) is 0 Å². The van der Waals surface area contributed by atoms with Gasteiger partial charge in [-0.05, 0) is 26.0 Å². The largest absolute Gasteiger partial charge is 0.254 e. The lowest BCUT2D eigenvalue weighted by atomic mass is 10.3. The summed E-state index contributed by atoms with van der Waals surface area (Å²) in [5.74, 6) is 0. The van der Waals surface area contributed by atoms with Crippen molar-refractivity contribution in [2.75, 3.05) is 0 Å². The van der Waals surface area contributed by atoms with Crippen LogP contribution in [0.15, 0.2) is 42.1 Å². The fraction of sp³-hybridized carbons (Fsp3) is 0.222. The van der Waals surface area contributed by atoms with Crippen molar-refractivity contribution in [3.05, 3.63) is 37.1 Å². The first kappa shape index (κ1) is 8.89. The van der Waals surface area contributed by atoms with Crippen LogP contribution in [0.25, 0.3) is 0 Å². The average Bonchev–Trinajstić information content (AvgIpc) is 1.99. The van der Waals surface area contributed by atoms with E-state index < -0.39 is 0 Å². The van der Waals surface area contributed by atoms with E-state index in [1.165, 1.54) is 0 Å². The molecule has 0 N–H and O–H groups in total. The van der Waals surface area contributed by atoms with E-state index in [9.17, 15) is 0 Å². The molecule has 0 unspecified atom stereocenters. The number of hydrogen-bond acceptors (Lipinski definition) is 1. The van der Waals surface area contributed by atoms with Crippen LogP contribution >= 0.6 is 0 Å². The highest BCUT2D eigenvalue weighted by Crippen LogP contribution is 1.97. The number of hydrogen-bond donors (Lipinski definition) is 0. The van der Waals surface area contributed by atoms with Crippen LogP contribution in [-0.4, -0.2) is 5.71 Å². The highest BCUT2D eigenvalue weighted by atomic mass is 14.7. The van der Waals surface area contributed by atoms with Gasteiger partial charge in [0, 0.05) is 5.71 Å². The van der Waals surface area contributed by atoms with E-state index in [0.717, 1.165) is 11.4 Å². The fourth-order valence-electron chi connectivity index (χ4n) is 0.477. The number of nitrogens with zero attached hydrogens (tertiary/aromatic N) is 1. The molecule has 0 spiro atoms. The summed E-state index contributed by atoms with van der Waals surface area (Å²) < 4.78 is 0. The molecule has 0 fully saturated rings. The van der Waals surface area contributed by atoms with Gasteiger partial charge in [0.15, 0.2) is 0 Å². The minimum Gasteiger partial charge on any atom is -0.254 e. The molecule has 0 atom stereocenters. The lowest BCUT2D eigenvalue weighted by Crippen LogP contribution is -1.83. The molecule has 0 aromatic carbocycles. The average molecular weight is 135 g/mol. The van der Waals surface area contributed by atoms with E-state index in [1.807, 2.05) is 19.9 Å². The second-order valence-electron chi connectivity index (χ2n) is 1.87. The molecule has 0 saturated heterocycles. The normalized spacial score (nSPS) is 13.0. The smallest absolute Gasteiger partial charge is 0.0584 e. The Labute approximate surface area is 62.5 Å². The van der Waals surface area contributed by atoms with Crippen LogP contribution in [0.1, 0.15) is 13.8 Å². The van der Waals surface area contributed by atoms with Gasteiger partial charge in [0.1, 0.15) is 0 Å². The summed E-state index contributed by atoms with van der Waals surface area (Å²) in [6, 6.07) is 0. The Balaban J connectivity index is 4.36. The van der Waals surface area contributed by atoms with Crippen molar-refractivity contribution in [1.82, 2.24) is 0 Å². The van der Waals surface area contributed by atoms with E-state index in [2.05, 4.69) is 18.2 Å². The molecule has 0 heterocycles. The van der Waals surface area contributed by atoms with Gasteiger partial charge in [-0.15, -0.1) is 0 Å². The van der Waals surface area contributed by atoms with E-state index in [0.29, 0.717) is 0 Å². The summed E-state index contributed by atoms with van der Waals surface area (Å²) >= 11 is 0. The van der Waals surface area contributed by atoms with E-state index in [1.54, 1.807) is 12.2 Å². The standard InChI is InChI=1S/C9H13N/c1-5-8(4)10-9(6-2)7-3/h5-7H,1-2H2,3-4H3/b9-7-,10-8?. The van der Waals surface area contributed by atoms with Crippen LogP contribution < -0.4 is 0 Å². The molecule has 1 heteroatoms. The monoisotopic (exact) mass is 135 g/mol. The van der Waals surface area contributed by atoms with Gasteiger partial charge in [-0.2, -0.15) is 0 Å². The summed E-state index contributed by atoms with van der Waals surface area (Å²) in [4.78, 5) is 4.17. The van der Waals surface area contributed by atoms with Crippen molar-refractivity contribution < 1.29 is 0 Å². The van der Waals surface area contributed by atoms with Gasteiger partial charge in [0.2, 0.25) is 0 Å². The number of aliphatic imine (C=N–C) groups is 1. The van der Waals surface area contributed by atoms with Gasteiger partial charge >= 0.3 is 0 Å². The predicted molar refractivity (Wildman–Crippen MR) is 47.3 cm³/mol. The van der Waals surface area contributed by atoms with Gasteiger partial charge in [-0.25, -0.2) is 0 Å². The highest BCUT2D eigenvalue weighted by Gasteiger charge is 1.83. The fourth-order valence-corrected chi connectivity index (χ4v) is 0.477. The molecule has 0 amide bonds. The Morgan fingerprint density at radius 1 is 1.30 bits per heavy atom. The molecule has 0 rings (SSSR count). The van der Waals surface area contributed by atoms with E-state index >= 15 is 0 Å². The molecule has 54 valence electrons. The summed E-state index contributed by atoms with van der Waals surface area (Å²) in [6.07, 6.45) is 5.33. The first-order valence-electron chi connectivity index (χ1n) is 3.21. The molecular weight excluding hydrogens is 122 g/mol. The van der Waals surface area contributed by atoms with E-state index in [4.69, 9.17) is 0 Å². The summed E-state index contributed by atoms with van der Waals surface area (Å²) in [7, 11) is 0. The van der Waals surface area contributed by atoms with Crippen LogP contribution in [0.2, 0.25) is 0 Å². The Morgan fingerprint density at radius 2 is 1.90 bits per heavy atom. The zero-order chi connectivity index (χ0) is 7.98. The maximum atomic E-state index is 4.17. The zero-order valence-corrected chi connectivity index (χ0v) is 6.59. The van der Waals surface area contributed by atoms with Crippen molar-refractivity contribution in [3.63, 3.8) is 0 Å². The zero-order valence-electron chi connectivity index (χ0n) is 6.59. The topological polar surface area (TPSA) is 12.4 Å². The lowest BCUT2D eigenvalue weighted by Gasteiger charge is -1.91. The van der Waals surface area contributed by atoms with E-state index in [-0.39, 0.29) is 0 Å². The summed E-state index contributed by atoms with van der Waals surface area (Å²) in [6.45, 7) is 11.0. The number of rotatable bonds is 3. The first-order valence-corrected chi connectivity index (χ1v) is 3.21. The van der Waals surface area contributed by atoms with Crippen molar-refractivity contribution in [3.8, 4) is 0 Å². The molecule has 0 aliphatic rings. The van der Waals surface area contributed by atoms with Gasteiger partial charge < -0.3 is 0 Å². The molecule has 0 aromatic heterocycles. The third kappa shape index (κ3) is 3.02. The molecule has 0 radical (unpaired) electrons. The Kier molecular flexibility index (Phi) is 4.21. The summed E-state index contributed by atoms with van der Waals surface area (Å²) in [5.41, 5.74) is 1.80. The van der Waals surface area contributed by atoms with Crippen LogP contribution in [0, 0.1) is 0 Å². The summed E-state index contributed by atoms with van der Waals surface area (Å²) in [5, 5.41) is 0. The molecule has 0 bridgehead atoms. The molecule has 0 saturated carbocycles. The van der Waals surface area contributed by atoms with Gasteiger partial charge in [-0.1, -0.05) is 19.2 Å². The van der Waals surface area contributed by atoms with Crippen molar-refractivity contribution >= 4 is 5.71 Å². The van der Waals surface area contributed by atoms with Crippen LogP contribution in [0.5, 0.6) is 0 Å². The lowest BCUT2D eigenvalue weighted by molar-refractivity contribution is 1.38. The third-order valence-electron chi connectivity index (χ3n) is 1.11. The maximum Gasteiger partial charge on any atom is 0.0584 e. The molecule has 0 aliphatic carbocycles. The minimum absolute atomic E-state index is 0.886. The second-order valence-corrected chi connectivity index (χ2v) is 1.87. The Bertz CT molecular complexity index is 185. The van der Waals surface area contributed by atoms with Crippen LogP contribution in [0.4, 0.5) is 0 Å². The van der Waals surface area contributed by atoms with Gasteiger partial charge in [0.05, 0.1) is 5.70 Å². The maximum absolute atomic E-state index is 4.17. The quantitative estimate of drug-likeness (QED) is 0.417. The predicted octanol–water partition coefficient (Wildman–Crippen LogP) is 2.72. The number of allylic oxidation sites excluding steroid dienone is 3. The van der Waals surface area contributed by atoms with Gasteiger partial charge in [-0.3, -0.25) is 4.99 Å².